The van der Waals surface area contributed by atoms with Gasteiger partial charge in [0.25, 0.3) is 0 Å². The summed E-state index contributed by atoms with van der Waals surface area (Å²) in [6.07, 6.45) is 2.45. The van der Waals surface area contributed by atoms with Gasteiger partial charge in [0.2, 0.25) is 10.0 Å². The average Bonchev–Trinajstić information content (AvgIpc) is 2.42. The number of ether oxygens (including phenoxy) is 1. The fourth-order valence-electron chi connectivity index (χ4n) is 1.47. The van der Waals surface area contributed by atoms with Gasteiger partial charge in [-0.05, 0) is 35.3 Å². The maximum absolute atomic E-state index is 12.3. The Morgan fingerprint density at radius 3 is 2.75 bits per heavy atom. The summed E-state index contributed by atoms with van der Waals surface area (Å²) in [6, 6.07) is 1.54. The van der Waals surface area contributed by atoms with Gasteiger partial charge in [0, 0.05) is 30.4 Å². The second-order valence-corrected chi connectivity index (χ2v) is 6.67. The first-order valence-electron chi connectivity index (χ1n) is 6.48. The average molecular weight is 366 g/mol. The first-order chi connectivity index (χ1) is 9.51. The summed E-state index contributed by atoms with van der Waals surface area (Å²) in [5, 5.41) is 3.02. The van der Waals surface area contributed by atoms with Crippen LogP contribution in [-0.2, 0) is 14.8 Å². The smallest absolute Gasteiger partial charge is 0.244 e. The van der Waals surface area contributed by atoms with E-state index in [1.807, 2.05) is 13.8 Å². The van der Waals surface area contributed by atoms with E-state index in [-0.39, 0.29) is 11.4 Å². The zero-order valence-electron chi connectivity index (χ0n) is 11.6. The third-order valence-corrected chi connectivity index (χ3v) is 4.30. The van der Waals surface area contributed by atoms with E-state index in [4.69, 9.17) is 4.74 Å². The van der Waals surface area contributed by atoms with E-state index < -0.39 is 10.0 Å². The topological polar surface area (TPSA) is 80.3 Å². The van der Waals surface area contributed by atoms with E-state index in [1.165, 1.54) is 6.07 Å². The van der Waals surface area contributed by atoms with Crippen molar-refractivity contribution in [1.82, 2.24) is 9.71 Å². The number of anilines is 1. The number of halogens is 1. The number of nitrogens with zero attached hydrogens (tertiary/aromatic N) is 1. The van der Waals surface area contributed by atoms with Gasteiger partial charge in [0.15, 0.2) is 0 Å². The molecule has 0 spiro atoms. The van der Waals surface area contributed by atoms with Gasteiger partial charge in [0.05, 0.1) is 6.61 Å². The van der Waals surface area contributed by atoms with Crippen molar-refractivity contribution in [3.63, 3.8) is 0 Å². The summed E-state index contributed by atoms with van der Waals surface area (Å²) in [5.74, 6) is 0.360. The Bertz CT molecular complexity index is 523. The van der Waals surface area contributed by atoms with Gasteiger partial charge >= 0.3 is 0 Å². The minimum absolute atomic E-state index is 0.136. The molecular weight excluding hydrogens is 346 g/mol. The van der Waals surface area contributed by atoms with Gasteiger partial charge in [-0.2, -0.15) is 0 Å². The van der Waals surface area contributed by atoms with Crippen molar-refractivity contribution in [1.29, 1.82) is 0 Å². The fourth-order valence-corrected chi connectivity index (χ4v) is 3.12. The predicted molar refractivity (Wildman–Crippen MR) is 82.4 cm³/mol. The Kier molecular flexibility index (Phi) is 7.42. The molecule has 0 aliphatic heterocycles. The fraction of sp³-hybridized carbons (Fsp3) is 0.583. The van der Waals surface area contributed by atoms with Crippen molar-refractivity contribution in [2.45, 2.75) is 25.2 Å². The summed E-state index contributed by atoms with van der Waals surface area (Å²) in [6.45, 7) is 5.66. The molecule has 0 saturated heterocycles. The Morgan fingerprint density at radius 2 is 2.10 bits per heavy atom. The van der Waals surface area contributed by atoms with Gasteiger partial charge in [-0.1, -0.05) is 6.92 Å². The molecule has 0 bridgehead atoms. The van der Waals surface area contributed by atoms with E-state index in [0.717, 1.165) is 6.42 Å². The zero-order valence-corrected chi connectivity index (χ0v) is 14.1. The number of aromatic nitrogens is 1. The molecule has 0 unspecified atom stereocenters. The van der Waals surface area contributed by atoms with E-state index in [0.29, 0.717) is 30.0 Å². The Hall–Kier alpha value is -0.700. The molecule has 2 N–H and O–H groups in total. The lowest BCUT2D eigenvalue weighted by atomic mass is 10.4. The van der Waals surface area contributed by atoms with Crippen LogP contribution < -0.4 is 10.0 Å². The second kappa shape index (κ2) is 8.56. The normalized spacial score (nSPS) is 11.6. The van der Waals surface area contributed by atoms with E-state index in [1.54, 1.807) is 6.20 Å². The number of sulfonamides is 1. The van der Waals surface area contributed by atoms with Crippen LogP contribution in [0.2, 0.25) is 0 Å². The molecule has 0 radical (unpaired) electrons. The summed E-state index contributed by atoms with van der Waals surface area (Å²) < 4.78 is 32.8. The van der Waals surface area contributed by atoms with Crippen molar-refractivity contribution in [2.75, 3.05) is 31.6 Å². The molecule has 1 rings (SSSR count). The van der Waals surface area contributed by atoms with Gasteiger partial charge in [-0.25, -0.2) is 18.1 Å². The van der Waals surface area contributed by atoms with Crippen LogP contribution in [-0.4, -0.2) is 39.7 Å². The van der Waals surface area contributed by atoms with Crippen LogP contribution in [0.25, 0.3) is 0 Å². The molecule has 1 aromatic rings. The van der Waals surface area contributed by atoms with Crippen LogP contribution >= 0.6 is 15.9 Å². The van der Waals surface area contributed by atoms with Crippen LogP contribution in [0.1, 0.15) is 20.3 Å². The number of hydrogen-bond acceptors (Lipinski definition) is 5. The quantitative estimate of drug-likeness (QED) is 0.654. The lowest BCUT2D eigenvalue weighted by molar-refractivity contribution is 0.153. The van der Waals surface area contributed by atoms with Gasteiger partial charge in [-0.15, -0.1) is 0 Å². The molecule has 1 aromatic heterocycles. The molecule has 0 saturated carbocycles. The molecule has 1 heterocycles. The molecule has 0 atom stereocenters. The van der Waals surface area contributed by atoms with Gasteiger partial charge < -0.3 is 10.1 Å². The number of nitrogens with one attached hydrogen (secondary N) is 2. The first-order valence-corrected chi connectivity index (χ1v) is 8.75. The summed E-state index contributed by atoms with van der Waals surface area (Å²) in [4.78, 5) is 4.25. The third kappa shape index (κ3) is 5.35. The summed E-state index contributed by atoms with van der Waals surface area (Å²) in [5.41, 5.74) is 0. The molecule has 20 heavy (non-hydrogen) atoms. The molecule has 0 fully saturated rings. The molecule has 8 heteroatoms. The number of hydrogen-bond donors (Lipinski definition) is 2. The van der Waals surface area contributed by atoms with Crippen LogP contribution in [0.4, 0.5) is 5.82 Å². The highest BCUT2D eigenvalue weighted by Gasteiger charge is 2.19. The highest BCUT2D eigenvalue weighted by atomic mass is 79.9. The lowest BCUT2D eigenvalue weighted by Crippen LogP contribution is -2.28. The third-order valence-electron chi connectivity index (χ3n) is 2.39. The molecule has 0 amide bonds. The highest BCUT2D eigenvalue weighted by molar-refractivity contribution is 9.10. The second-order valence-electron chi connectivity index (χ2n) is 4.02. The largest absolute Gasteiger partial charge is 0.380 e. The lowest BCUT2D eigenvalue weighted by Gasteiger charge is -2.12. The van der Waals surface area contributed by atoms with Crippen molar-refractivity contribution >= 4 is 31.8 Å². The minimum atomic E-state index is -3.61. The van der Waals surface area contributed by atoms with E-state index in [2.05, 4.69) is 31.0 Å². The van der Waals surface area contributed by atoms with Crippen LogP contribution in [0.5, 0.6) is 0 Å². The SMILES string of the molecule is CCCNc1ncc(Br)cc1S(=O)(=O)NCCOCC. The predicted octanol–water partition coefficient (Wildman–Crippen LogP) is 1.98. The molecular formula is C12H20BrN3O3S. The van der Waals surface area contributed by atoms with Crippen LogP contribution in [0, 0.1) is 0 Å². The Labute approximate surface area is 128 Å². The van der Waals surface area contributed by atoms with E-state index >= 15 is 0 Å². The Balaban J connectivity index is 2.88. The molecule has 6 nitrogen and oxygen atoms in total. The van der Waals surface area contributed by atoms with Gasteiger partial charge in [0.1, 0.15) is 10.7 Å². The van der Waals surface area contributed by atoms with E-state index in [9.17, 15) is 8.42 Å². The molecule has 0 aliphatic rings. The maximum Gasteiger partial charge on any atom is 0.244 e. The molecule has 114 valence electrons. The van der Waals surface area contributed by atoms with Gasteiger partial charge in [-0.3, -0.25) is 0 Å². The minimum Gasteiger partial charge on any atom is -0.380 e. The monoisotopic (exact) mass is 365 g/mol. The maximum atomic E-state index is 12.3. The van der Waals surface area contributed by atoms with Crippen LogP contribution in [0.15, 0.2) is 21.6 Å². The standard InChI is InChI=1S/C12H20BrN3O3S/c1-3-5-14-12-11(8-10(13)9-15-12)20(17,18)16-6-7-19-4-2/h8-9,16H,3-7H2,1-2H3,(H,14,15). The van der Waals surface area contributed by atoms with Crippen LogP contribution in [0.3, 0.4) is 0 Å². The zero-order chi connectivity index (χ0) is 15.0. The van der Waals surface area contributed by atoms with Crippen molar-refractivity contribution in [2.24, 2.45) is 0 Å². The highest BCUT2D eigenvalue weighted by Crippen LogP contribution is 2.22. The first kappa shape index (κ1) is 17.4. The number of rotatable bonds is 9. The molecule has 0 aliphatic carbocycles. The summed E-state index contributed by atoms with van der Waals surface area (Å²) >= 11 is 3.24. The number of pyridine rings is 1. The summed E-state index contributed by atoms with van der Waals surface area (Å²) in [7, 11) is -3.61. The van der Waals surface area contributed by atoms with Crippen molar-refractivity contribution in [3.05, 3.63) is 16.7 Å². The Morgan fingerprint density at radius 1 is 1.35 bits per heavy atom. The molecule has 0 aromatic carbocycles. The van der Waals surface area contributed by atoms with Crippen molar-refractivity contribution in [3.8, 4) is 0 Å². The van der Waals surface area contributed by atoms with Crippen molar-refractivity contribution < 1.29 is 13.2 Å².